The normalized spacial score (nSPS) is 11.0. The second-order valence-electron chi connectivity index (χ2n) is 6.93. The highest BCUT2D eigenvalue weighted by molar-refractivity contribution is 5.97. The highest BCUT2D eigenvalue weighted by Gasteiger charge is 2.19. The number of nitriles is 1. The molecule has 3 rings (SSSR count). The topological polar surface area (TPSA) is 56.1 Å². The summed E-state index contributed by atoms with van der Waals surface area (Å²) in [6, 6.07) is 31.3. The molecule has 0 heterocycles. The maximum absolute atomic E-state index is 13.0. The molecule has 0 fully saturated rings. The van der Waals surface area contributed by atoms with Crippen LogP contribution in [0, 0.1) is 11.3 Å². The Bertz CT molecular complexity index is 969. The lowest BCUT2D eigenvalue weighted by atomic mass is 9.98. The van der Waals surface area contributed by atoms with Gasteiger partial charge in [-0.15, -0.1) is 0 Å². The second-order valence-corrected chi connectivity index (χ2v) is 6.93. The standard InChI is InChI=1S/C26H25N3O/c1-2-29(19-21-12-6-3-7-13-21)20-24(18-27)26(30)28-25(22-14-8-4-9-15-22)23-16-10-5-11-17-23/h3-17,20,25H,2,19H2,1H3,(H,28,30)/b24-20-. The van der Waals surface area contributed by atoms with Crippen molar-refractivity contribution in [1.82, 2.24) is 10.2 Å². The van der Waals surface area contributed by atoms with Crippen molar-refractivity contribution >= 4 is 5.91 Å². The quantitative estimate of drug-likeness (QED) is 0.439. The molecule has 0 aliphatic carbocycles. The average Bonchev–Trinajstić information content (AvgIpc) is 2.81. The van der Waals surface area contributed by atoms with Crippen LogP contribution in [0.3, 0.4) is 0 Å². The Balaban J connectivity index is 1.82. The van der Waals surface area contributed by atoms with Crippen LogP contribution >= 0.6 is 0 Å². The number of benzene rings is 3. The Hall–Kier alpha value is -3.84. The summed E-state index contributed by atoms with van der Waals surface area (Å²) in [5.74, 6) is -0.387. The fourth-order valence-electron chi connectivity index (χ4n) is 3.25. The molecule has 1 N–H and O–H groups in total. The molecule has 0 unspecified atom stereocenters. The number of nitrogens with zero attached hydrogens (tertiary/aromatic N) is 2. The predicted molar refractivity (Wildman–Crippen MR) is 119 cm³/mol. The van der Waals surface area contributed by atoms with E-state index >= 15 is 0 Å². The molecule has 0 bridgehead atoms. The third kappa shape index (κ3) is 5.59. The van der Waals surface area contributed by atoms with E-state index in [1.807, 2.05) is 103 Å². The van der Waals surface area contributed by atoms with Gasteiger partial charge in [0.25, 0.3) is 5.91 Å². The van der Waals surface area contributed by atoms with Crippen LogP contribution in [0.2, 0.25) is 0 Å². The summed E-state index contributed by atoms with van der Waals surface area (Å²) in [4.78, 5) is 15.0. The van der Waals surface area contributed by atoms with Crippen LogP contribution < -0.4 is 5.32 Å². The van der Waals surface area contributed by atoms with Gasteiger partial charge in [-0.25, -0.2) is 0 Å². The lowest BCUT2D eigenvalue weighted by Gasteiger charge is -2.21. The molecule has 0 saturated heterocycles. The van der Waals surface area contributed by atoms with Crippen LogP contribution in [-0.2, 0) is 11.3 Å². The predicted octanol–water partition coefficient (Wildman–Crippen LogP) is 4.82. The van der Waals surface area contributed by atoms with Crippen molar-refractivity contribution < 1.29 is 4.79 Å². The highest BCUT2D eigenvalue weighted by Crippen LogP contribution is 2.22. The van der Waals surface area contributed by atoms with Crippen molar-refractivity contribution in [3.63, 3.8) is 0 Å². The summed E-state index contributed by atoms with van der Waals surface area (Å²) in [5.41, 5.74) is 3.14. The molecule has 0 spiro atoms. The van der Waals surface area contributed by atoms with E-state index in [0.717, 1.165) is 16.7 Å². The highest BCUT2D eigenvalue weighted by atomic mass is 16.1. The average molecular weight is 396 g/mol. The van der Waals surface area contributed by atoms with E-state index in [4.69, 9.17) is 0 Å². The minimum absolute atomic E-state index is 0.0876. The summed E-state index contributed by atoms with van der Waals surface area (Å²) >= 11 is 0. The number of hydrogen-bond donors (Lipinski definition) is 1. The SMILES string of the molecule is CCN(/C=C(/C#N)C(=O)NC(c1ccccc1)c1ccccc1)Cc1ccccc1. The Morgan fingerprint density at radius 2 is 1.43 bits per heavy atom. The minimum Gasteiger partial charge on any atom is -0.372 e. The molecule has 4 nitrogen and oxygen atoms in total. The maximum Gasteiger partial charge on any atom is 0.264 e. The summed E-state index contributed by atoms with van der Waals surface area (Å²) < 4.78 is 0. The van der Waals surface area contributed by atoms with Crippen LogP contribution in [0.25, 0.3) is 0 Å². The van der Waals surface area contributed by atoms with Crippen LogP contribution in [-0.4, -0.2) is 17.4 Å². The van der Waals surface area contributed by atoms with Gasteiger partial charge < -0.3 is 10.2 Å². The van der Waals surface area contributed by atoms with E-state index in [0.29, 0.717) is 13.1 Å². The number of hydrogen-bond acceptors (Lipinski definition) is 3. The van der Waals surface area contributed by atoms with Crippen LogP contribution in [0.1, 0.15) is 29.7 Å². The maximum atomic E-state index is 13.0. The van der Waals surface area contributed by atoms with E-state index < -0.39 is 0 Å². The van der Waals surface area contributed by atoms with Crippen LogP contribution in [0.15, 0.2) is 103 Å². The summed E-state index contributed by atoms with van der Waals surface area (Å²) in [5, 5.41) is 12.7. The first-order chi connectivity index (χ1) is 14.7. The molecule has 3 aromatic rings. The molecular formula is C26H25N3O. The summed E-state index contributed by atoms with van der Waals surface area (Å²) in [6.07, 6.45) is 1.65. The Morgan fingerprint density at radius 3 is 1.90 bits per heavy atom. The first-order valence-electron chi connectivity index (χ1n) is 10.0. The van der Waals surface area contributed by atoms with Crippen LogP contribution in [0.4, 0.5) is 0 Å². The summed E-state index contributed by atoms with van der Waals surface area (Å²) in [6.45, 7) is 3.33. The van der Waals surface area contributed by atoms with Crippen molar-refractivity contribution in [1.29, 1.82) is 5.26 Å². The fraction of sp³-hybridized carbons (Fsp3) is 0.154. The van der Waals surface area contributed by atoms with Gasteiger partial charge in [-0.3, -0.25) is 4.79 Å². The number of rotatable bonds is 8. The lowest BCUT2D eigenvalue weighted by molar-refractivity contribution is -0.117. The molecule has 1 amide bonds. The second kappa shape index (κ2) is 10.6. The van der Waals surface area contributed by atoms with Gasteiger partial charge in [0.2, 0.25) is 0 Å². The smallest absolute Gasteiger partial charge is 0.264 e. The van der Waals surface area contributed by atoms with Crippen LogP contribution in [0.5, 0.6) is 0 Å². The molecule has 0 radical (unpaired) electrons. The van der Waals surface area contributed by atoms with Crippen molar-refractivity contribution in [2.45, 2.75) is 19.5 Å². The molecule has 0 saturated carbocycles. The Labute approximate surface area is 178 Å². The van der Waals surface area contributed by atoms with Gasteiger partial charge in [-0.2, -0.15) is 5.26 Å². The van der Waals surface area contributed by atoms with Gasteiger partial charge in [0, 0.05) is 19.3 Å². The van der Waals surface area contributed by atoms with Gasteiger partial charge in [-0.1, -0.05) is 91.0 Å². The summed E-state index contributed by atoms with van der Waals surface area (Å²) in [7, 11) is 0. The molecule has 150 valence electrons. The van der Waals surface area contributed by atoms with E-state index in [-0.39, 0.29) is 17.5 Å². The molecule has 0 aliphatic heterocycles. The Morgan fingerprint density at radius 1 is 0.933 bits per heavy atom. The number of carbonyl (C=O) groups is 1. The largest absolute Gasteiger partial charge is 0.372 e. The Kier molecular flexibility index (Phi) is 7.40. The van der Waals surface area contributed by atoms with Crippen molar-refractivity contribution in [2.24, 2.45) is 0 Å². The zero-order chi connectivity index (χ0) is 21.2. The fourth-order valence-corrected chi connectivity index (χ4v) is 3.25. The third-order valence-corrected chi connectivity index (χ3v) is 4.85. The van der Waals surface area contributed by atoms with Gasteiger partial charge in [-0.05, 0) is 23.6 Å². The van der Waals surface area contributed by atoms with Gasteiger partial charge in [0.15, 0.2) is 0 Å². The van der Waals surface area contributed by atoms with Crippen molar-refractivity contribution in [3.05, 3.63) is 119 Å². The monoisotopic (exact) mass is 395 g/mol. The minimum atomic E-state index is -0.387. The van der Waals surface area contributed by atoms with Gasteiger partial charge in [0.1, 0.15) is 11.6 Å². The number of nitrogens with one attached hydrogen (secondary N) is 1. The van der Waals surface area contributed by atoms with E-state index in [1.54, 1.807) is 6.20 Å². The van der Waals surface area contributed by atoms with E-state index in [1.165, 1.54) is 0 Å². The zero-order valence-electron chi connectivity index (χ0n) is 17.0. The third-order valence-electron chi connectivity index (χ3n) is 4.85. The van der Waals surface area contributed by atoms with E-state index in [2.05, 4.69) is 11.4 Å². The van der Waals surface area contributed by atoms with Gasteiger partial charge in [0.05, 0.1) is 6.04 Å². The molecule has 0 aromatic heterocycles. The number of carbonyl (C=O) groups excluding carboxylic acids is 1. The van der Waals surface area contributed by atoms with Gasteiger partial charge >= 0.3 is 0 Å². The zero-order valence-corrected chi connectivity index (χ0v) is 17.0. The molecule has 0 aliphatic rings. The van der Waals surface area contributed by atoms with E-state index in [9.17, 15) is 10.1 Å². The number of amides is 1. The molecule has 0 atom stereocenters. The first kappa shape index (κ1) is 20.9. The first-order valence-corrected chi connectivity index (χ1v) is 10.0. The lowest BCUT2D eigenvalue weighted by Crippen LogP contribution is -2.31. The molecular weight excluding hydrogens is 370 g/mol. The molecule has 3 aromatic carbocycles. The van der Waals surface area contributed by atoms with Crippen molar-refractivity contribution in [2.75, 3.05) is 6.54 Å². The molecule has 30 heavy (non-hydrogen) atoms. The van der Waals surface area contributed by atoms with Crippen molar-refractivity contribution in [3.8, 4) is 6.07 Å². The molecule has 4 heteroatoms.